The summed E-state index contributed by atoms with van der Waals surface area (Å²) in [5.74, 6) is 0. The van der Waals surface area contributed by atoms with Gasteiger partial charge in [0.1, 0.15) is 4.90 Å². The summed E-state index contributed by atoms with van der Waals surface area (Å²) in [7, 11) is -1.57. The molecule has 0 spiro atoms. The number of hydrogen-bond donors (Lipinski definition) is 2. The molecule has 1 aliphatic carbocycles. The smallest absolute Gasteiger partial charge is 0.244 e. The van der Waals surface area contributed by atoms with Crippen molar-refractivity contribution in [3.63, 3.8) is 0 Å². The Morgan fingerprint density at radius 2 is 2.24 bits per heavy atom. The van der Waals surface area contributed by atoms with E-state index >= 15 is 0 Å². The van der Waals surface area contributed by atoms with Crippen LogP contribution >= 0.6 is 0 Å². The molecule has 17 heavy (non-hydrogen) atoms. The van der Waals surface area contributed by atoms with Gasteiger partial charge in [0.05, 0.1) is 12.7 Å². The van der Waals surface area contributed by atoms with Crippen molar-refractivity contribution in [3.05, 3.63) is 12.4 Å². The topological polar surface area (TPSA) is 76.0 Å². The van der Waals surface area contributed by atoms with Gasteiger partial charge in [-0.05, 0) is 26.8 Å². The first kappa shape index (κ1) is 12.5. The fourth-order valence-corrected chi connectivity index (χ4v) is 2.92. The molecule has 0 amide bonds. The monoisotopic (exact) mass is 258 g/mol. The maximum atomic E-state index is 12.0. The highest BCUT2D eigenvalue weighted by atomic mass is 32.2. The van der Waals surface area contributed by atoms with Gasteiger partial charge in [0.15, 0.2) is 0 Å². The molecule has 0 unspecified atom stereocenters. The number of nitrogens with one attached hydrogen (secondary N) is 2. The van der Waals surface area contributed by atoms with Gasteiger partial charge in [0, 0.05) is 18.3 Å². The van der Waals surface area contributed by atoms with Crippen molar-refractivity contribution in [2.75, 3.05) is 13.6 Å². The predicted octanol–water partition coefficient (Wildman–Crippen LogP) is -0.0667. The van der Waals surface area contributed by atoms with E-state index in [0.717, 1.165) is 19.4 Å². The molecule has 0 radical (unpaired) electrons. The summed E-state index contributed by atoms with van der Waals surface area (Å²) in [6.07, 6.45) is 4.76. The number of aromatic nitrogens is 2. The first-order valence-electron chi connectivity index (χ1n) is 5.66. The summed E-state index contributed by atoms with van der Waals surface area (Å²) in [6, 6.07) is 0. The summed E-state index contributed by atoms with van der Waals surface area (Å²) in [6.45, 7) is 3.32. The third kappa shape index (κ3) is 3.05. The second kappa shape index (κ2) is 4.40. The minimum absolute atomic E-state index is 0.238. The van der Waals surface area contributed by atoms with Gasteiger partial charge in [-0.2, -0.15) is 5.10 Å². The van der Waals surface area contributed by atoms with Gasteiger partial charge in [-0.15, -0.1) is 0 Å². The van der Waals surface area contributed by atoms with Crippen molar-refractivity contribution in [3.8, 4) is 0 Å². The molecule has 1 aliphatic rings. The molecule has 7 heteroatoms. The highest BCUT2D eigenvalue weighted by Crippen LogP contribution is 2.35. The normalized spacial score (nSPS) is 18.2. The van der Waals surface area contributed by atoms with Crippen molar-refractivity contribution < 1.29 is 8.42 Å². The van der Waals surface area contributed by atoms with Crippen LogP contribution in [0.3, 0.4) is 0 Å². The molecule has 1 aromatic heterocycles. The van der Waals surface area contributed by atoms with E-state index in [0.29, 0.717) is 6.54 Å². The van der Waals surface area contributed by atoms with E-state index in [1.54, 1.807) is 10.9 Å². The lowest BCUT2D eigenvalue weighted by Crippen LogP contribution is -2.34. The van der Waals surface area contributed by atoms with E-state index in [2.05, 4.69) is 15.1 Å². The molecule has 6 nitrogen and oxygen atoms in total. The Kier molecular flexibility index (Phi) is 3.24. The average Bonchev–Trinajstić information content (AvgIpc) is 2.81. The highest BCUT2D eigenvalue weighted by molar-refractivity contribution is 7.89. The number of hydrogen-bond acceptors (Lipinski definition) is 4. The van der Waals surface area contributed by atoms with E-state index < -0.39 is 10.0 Å². The molecular weight excluding hydrogens is 240 g/mol. The van der Waals surface area contributed by atoms with Crippen LogP contribution in [0.15, 0.2) is 17.3 Å². The van der Waals surface area contributed by atoms with Crippen LogP contribution in [-0.4, -0.2) is 37.3 Å². The van der Waals surface area contributed by atoms with Gasteiger partial charge >= 0.3 is 0 Å². The van der Waals surface area contributed by atoms with Gasteiger partial charge in [0.2, 0.25) is 10.0 Å². The van der Waals surface area contributed by atoms with Crippen molar-refractivity contribution in [2.24, 2.45) is 0 Å². The largest absolute Gasteiger partial charge is 0.318 e. The Morgan fingerprint density at radius 1 is 1.53 bits per heavy atom. The summed E-state index contributed by atoms with van der Waals surface area (Å²) < 4.78 is 28.3. The number of nitrogens with zero attached hydrogens (tertiary/aromatic N) is 2. The molecule has 1 saturated carbocycles. The van der Waals surface area contributed by atoms with E-state index in [1.807, 2.05) is 14.0 Å². The van der Waals surface area contributed by atoms with E-state index in [9.17, 15) is 8.42 Å². The Balaban J connectivity index is 2.08. The van der Waals surface area contributed by atoms with Crippen LogP contribution in [-0.2, 0) is 16.6 Å². The highest BCUT2D eigenvalue weighted by Gasteiger charge is 2.41. The first-order valence-corrected chi connectivity index (χ1v) is 7.15. The Bertz CT molecular complexity index is 490. The predicted molar refractivity (Wildman–Crippen MR) is 64.1 cm³/mol. The molecule has 2 N–H and O–H groups in total. The van der Waals surface area contributed by atoms with Crippen molar-refractivity contribution in [1.82, 2.24) is 19.8 Å². The van der Waals surface area contributed by atoms with Crippen LogP contribution < -0.4 is 10.0 Å². The van der Waals surface area contributed by atoms with Gasteiger partial charge in [0.25, 0.3) is 0 Å². The van der Waals surface area contributed by atoms with Crippen molar-refractivity contribution in [2.45, 2.75) is 36.7 Å². The summed E-state index contributed by atoms with van der Waals surface area (Å²) in [4.78, 5) is 0.238. The minimum atomic E-state index is -3.41. The number of sulfonamides is 1. The van der Waals surface area contributed by atoms with Crippen LogP contribution in [0, 0.1) is 0 Å². The molecule has 0 bridgehead atoms. The quantitative estimate of drug-likeness (QED) is 0.749. The van der Waals surface area contributed by atoms with Crippen LogP contribution in [0.5, 0.6) is 0 Å². The maximum absolute atomic E-state index is 12.0. The molecule has 1 aromatic rings. The molecular formula is C10H18N4O2S. The zero-order chi connectivity index (χ0) is 12.5. The van der Waals surface area contributed by atoms with Crippen LogP contribution in [0.2, 0.25) is 0 Å². The lowest BCUT2D eigenvalue weighted by Gasteiger charge is -2.10. The van der Waals surface area contributed by atoms with Crippen molar-refractivity contribution >= 4 is 10.0 Å². The molecule has 1 fully saturated rings. The molecule has 0 aromatic carbocycles. The van der Waals surface area contributed by atoms with E-state index in [4.69, 9.17) is 0 Å². The zero-order valence-electron chi connectivity index (χ0n) is 10.1. The average molecular weight is 258 g/mol. The zero-order valence-corrected chi connectivity index (χ0v) is 10.9. The SMILES string of the molecule is CNCCn1cc(S(=O)(=O)NC2(C)CC2)cn1. The van der Waals surface area contributed by atoms with E-state index in [1.165, 1.54) is 6.20 Å². The number of likely N-dealkylation sites (N-methyl/N-ethyl adjacent to an activating group) is 1. The Labute approximate surface area is 101 Å². The second-order valence-corrected chi connectivity index (χ2v) is 6.39. The molecule has 0 atom stereocenters. The third-order valence-corrected chi connectivity index (χ3v) is 4.48. The van der Waals surface area contributed by atoms with Crippen molar-refractivity contribution in [1.29, 1.82) is 0 Å². The second-order valence-electron chi connectivity index (χ2n) is 4.71. The molecule has 2 rings (SSSR count). The van der Waals surface area contributed by atoms with Gasteiger partial charge in [-0.25, -0.2) is 13.1 Å². The van der Waals surface area contributed by atoms with Gasteiger partial charge < -0.3 is 5.32 Å². The fourth-order valence-electron chi connectivity index (χ4n) is 1.50. The first-order chi connectivity index (χ1) is 7.95. The Hall–Kier alpha value is -0.920. The third-order valence-electron chi connectivity index (χ3n) is 2.89. The lowest BCUT2D eigenvalue weighted by atomic mass is 10.4. The van der Waals surface area contributed by atoms with Crippen LogP contribution in [0.4, 0.5) is 0 Å². The molecule has 0 aliphatic heterocycles. The summed E-state index contributed by atoms with van der Waals surface area (Å²) in [5, 5.41) is 7.01. The Morgan fingerprint density at radius 3 is 2.82 bits per heavy atom. The molecule has 0 saturated heterocycles. The fraction of sp³-hybridized carbons (Fsp3) is 0.700. The molecule has 1 heterocycles. The molecule has 96 valence electrons. The summed E-state index contributed by atoms with van der Waals surface area (Å²) >= 11 is 0. The maximum Gasteiger partial charge on any atom is 0.244 e. The van der Waals surface area contributed by atoms with Crippen LogP contribution in [0.25, 0.3) is 0 Å². The van der Waals surface area contributed by atoms with Gasteiger partial charge in [-0.1, -0.05) is 0 Å². The van der Waals surface area contributed by atoms with Gasteiger partial charge in [-0.3, -0.25) is 4.68 Å². The van der Waals surface area contributed by atoms with E-state index in [-0.39, 0.29) is 10.4 Å². The minimum Gasteiger partial charge on any atom is -0.318 e. The van der Waals surface area contributed by atoms with Crippen LogP contribution in [0.1, 0.15) is 19.8 Å². The number of rotatable bonds is 6. The summed E-state index contributed by atoms with van der Waals surface area (Å²) in [5.41, 5.74) is -0.244. The lowest BCUT2D eigenvalue weighted by molar-refractivity contribution is 0.556. The standard InChI is InChI=1S/C10H18N4O2S/c1-10(3-4-10)13-17(15,16)9-7-12-14(8-9)6-5-11-2/h7-8,11,13H,3-6H2,1-2H3.